The Kier molecular flexibility index (Phi) is 3.34. The lowest BCUT2D eigenvalue weighted by molar-refractivity contribution is 0.0696. The van der Waals surface area contributed by atoms with E-state index in [1.807, 2.05) is 5.38 Å². The van der Waals surface area contributed by atoms with Crippen LogP contribution in [0.5, 0.6) is 0 Å². The average Bonchev–Trinajstić information content (AvgIpc) is 2.80. The Hall–Kier alpha value is -1.95. The number of aromatic carboxylic acids is 1. The SMILES string of the molecule is O=C(O)c1ccc(=O)n(CCc2nccs2)c1. The van der Waals surface area contributed by atoms with E-state index in [4.69, 9.17) is 5.11 Å². The van der Waals surface area contributed by atoms with Crippen LogP contribution in [0, 0.1) is 0 Å². The number of rotatable bonds is 4. The molecule has 0 aliphatic carbocycles. The second kappa shape index (κ2) is 4.92. The van der Waals surface area contributed by atoms with Gasteiger partial charge in [-0.15, -0.1) is 11.3 Å². The van der Waals surface area contributed by atoms with Crippen LogP contribution in [0.15, 0.2) is 34.7 Å². The van der Waals surface area contributed by atoms with Crippen LogP contribution in [0.2, 0.25) is 0 Å². The van der Waals surface area contributed by atoms with Crippen LogP contribution in [-0.2, 0) is 13.0 Å². The minimum Gasteiger partial charge on any atom is -0.478 e. The summed E-state index contributed by atoms with van der Waals surface area (Å²) in [4.78, 5) is 26.4. The van der Waals surface area contributed by atoms with E-state index in [1.165, 1.54) is 34.2 Å². The molecule has 0 atom stereocenters. The quantitative estimate of drug-likeness (QED) is 0.886. The zero-order valence-corrected chi connectivity index (χ0v) is 9.68. The Morgan fingerprint density at radius 1 is 1.47 bits per heavy atom. The molecule has 0 radical (unpaired) electrons. The number of carbonyl (C=O) groups is 1. The standard InChI is InChI=1S/C11H10N2O3S/c14-10-2-1-8(11(15)16)7-13(10)5-3-9-12-4-6-17-9/h1-2,4,6-7H,3,5H2,(H,15,16). The number of hydrogen-bond donors (Lipinski definition) is 1. The zero-order chi connectivity index (χ0) is 12.3. The number of aryl methyl sites for hydroxylation is 2. The van der Waals surface area contributed by atoms with E-state index < -0.39 is 5.97 Å². The van der Waals surface area contributed by atoms with Gasteiger partial charge in [-0.2, -0.15) is 0 Å². The van der Waals surface area contributed by atoms with Gasteiger partial charge in [-0.1, -0.05) is 0 Å². The highest BCUT2D eigenvalue weighted by atomic mass is 32.1. The summed E-state index contributed by atoms with van der Waals surface area (Å²) in [5, 5.41) is 11.6. The van der Waals surface area contributed by atoms with Gasteiger partial charge in [0.2, 0.25) is 0 Å². The maximum Gasteiger partial charge on any atom is 0.337 e. The van der Waals surface area contributed by atoms with E-state index in [1.54, 1.807) is 6.20 Å². The monoisotopic (exact) mass is 250 g/mol. The van der Waals surface area contributed by atoms with Crippen molar-refractivity contribution in [3.05, 3.63) is 50.8 Å². The number of hydrogen-bond acceptors (Lipinski definition) is 4. The Morgan fingerprint density at radius 2 is 2.29 bits per heavy atom. The molecule has 2 rings (SSSR count). The molecule has 0 saturated carbocycles. The molecule has 0 fully saturated rings. The predicted molar refractivity (Wildman–Crippen MR) is 63.5 cm³/mol. The van der Waals surface area contributed by atoms with Gasteiger partial charge in [0, 0.05) is 36.8 Å². The van der Waals surface area contributed by atoms with E-state index in [9.17, 15) is 9.59 Å². The van der Waals surface area contributed by atoms with E-state index >= 15 is 0 Å². The first-order valence-electron chi connectivity index (χ1n) is 4.99. The molecule has 0 spiro atoms. The summed E-state index contributed by atoms with van der Waals surface area (Å²) in [5.74, 6) is -1.03. The molecule has 0 saturated heterocycles. The second-order valence-corrected chi connectivity index (χ2v) is 4.41. The van der Waals surface area contributed by atoms with Crippen molar-refractivity contribution in [2.24, 2.45) is 0 Å². The summed E-state index contributed by atoms with van der Waals surface area (Å²) in [6.45, 7) is 0.438. The van der Waals surface area contributed by atoms with Gasteiger partial charge in [-0.25, -0.2) is 9.78 Å². The fraction of sp³-hybridized carbons (Fsp3) is 0.182. The van der Waals surface area contributed by atoms with Crippen molar-refractivity contribution in [3.8, 4) is 0 Å². The van der Waals surface area contributed by atoms with Gasteiger partial charge in [-0.3, -0.25) is 4.79 Å². The normalized spacial score (nSPS) is 10.4. The largest absolute Gasteiger partial charge is 0.478 e. The summed E-state index contributed by atoms with van der Waals surface area (Å²) < 4.78 is 1.39. The van der Waals surface area contributed by atoms with Crippen LogP contribution in [0.25, 0.3) is 0 Å². The molecule has 6 heteroatoms. The highest BCUT2D eigenvalue weighted by Gasteiger charge is 2.05. The third-order valence-corrected chi connectivity index (χ3v) is 3.12. The Morgan fingerprint density at radius 3 is 2.94 bits per heavy atom. The van der Waals surface area contributed by atoms with Gasteiger partial charge in [0.15, 0.2) is 0 Å². The van der Waals surface area contributed by atoms with Crippen molar-refractivity contribution in [3.63, 3.8) is 0 Å². The van der Waals surface area contributed by atoms with Crippen molar-refractivity contribution in [1.82, 2.24) is 9.55 Å². The van der Waals surface area contributed by atoms with Crippen LogP contribution >= 0.6 is 11.3 Å². The van der Waals surface area contributed by atoms with Crippen molar-refractivity contribution < 1.29 is 9.90 Å². The maximum absolute atomic E-state index is 11.5. The minimum absolute atomic E-state index is 0.115. The highest BCUT2D eigenvalue weighted by molar-refractivity contribution is 7.09. The molecular weight excluding hydrogens is 240 g/mol. The van der Waals surface area contributed by atoms with E-state index in [-0.39, 0.29) is 11.1 Å². The van der Waals surface area contributed by atoms with Crippen LogP contribution in [0.4, 0.5) is 0 Å². The fourth-order valence-electron chi connectivity index (χ4n) is 1.43. The first-order valence-corrected chi connectivity index (χ1v) is 5.87. The zero-order valence-electron chi connectivity index (χ0n) is 8.87. The van der Waals surface area contributed by atoms with Crippen molar-refractivity contribution in [2.75, 3.05) is 0 Å². The van der Waals surface area contributed by atoms with Crippen molar-refractivity contribution in [2.45, 2.75) is 13.0 Å². The highest BCUT2D eigenvalue weighted by Crippen LogP contribution is 2.05. The molecule has 1 N–H and O–H groups in total. The molecule has 0 amide bonds. The summed E-state index contributed by atoms with van der Waals surface area (Å²) >= 11 is 1.52. The summed E-state index contributed by atoms with van der Waals surface area (Å²) in [7, 11) is 0. The molecule has 0 aliphatic rings. The summed E-state index contributed by atoms with van der Waals surface area (Å²) in [6, 6.07) is 2.58. The lowest BCUT2D eigenvalue weighted by atomic mass is 10.3. The molecule has 0 bridgehead atoms. The third-order valence-electron chi connectivity index (χ3n) is 2.28. The average molecular weight is 250 g/mol. The fourth-order valence-corrected chi connectivity index (χ4v) is 2.03. The van der Waals surface area contributed by atoms with Crippen LogP contribution in [-0.4, -0.2) is 20.6 Å². The number of pyridine rings is 1. The lowest BCUT2D eigenvalue weighted by Gasteiger charge is -2.04. The van der Waals surface area contributed by atoms with Gasteiger partial charge < -0.3 is 9.67 Å². The van der Waals surface area contributed by atoms with E-state index in [0.29, 0.717) is 13.0 Å². The predicted octanol–water partition coefficient (Wildman–Crippen LogP) is 1.25. The molecular formula is C11H10N2O3S. The van der Waals surface area contributed by atoms with E-state index in [2.05, 4.69) is 4.98 Å². The van der Waals surface area contributed by atoms with Gasteiger partial charge in [0.05, 0.1) is 10.6 Å². The smallest absolute Gasteiger partial charge is 0.337 e. The number of thiazole rings is 1. The van der Waals surface area contributed by atoms with Gasteiger partial charge in [-0.05, 0) is 6.07 Å². The molecule has 17 heavy (non-hydrogen) atoms. The van der Waals surface area contributed by atoms with E-state index in [0.717, 1.165) is 5.01 Å². The van der Waals surface area contributed by atoms with Crippen molar-refractivity contribution in [1.29, 1.82) is 0 Å². The Labute approximate surface area is 101 Å². The van der Waals surface area contributed by atoms with Crippen LogP contribution in [0.3, 0.4) is 0 Å². The second-order valence-electron chi connectivity index (χ2n) is 3.43. The first-order chi connectivity index (χ1) is 8.16. The number of carboxylic acids is 1. The van der Waals surface area contributed by atoms with Crippen LogP contribution in [0.1, 0.15) is 15.4 Å². The number of nitrogens with zero attached hydrogens (tertiary/aromatic N) is 2. The van der Waals surface area contributed by atoms with Gasteiger partial charge >= 0.3 is 5.97 Å². The Bertz CT molecular complexity index is 575. The van der Waals surface area contributed by atoms with Crippen LogP contribution < -0.4 is 5.56 Å². The Balaban J connectivity index is 2.17. The van der Waals surface area contributed by atoms with Crippen molar-refractivity contribution >= 4 is 17.3 Å². The molecule has 2 aromatic heterocycles. The topological polar surface area (TPSA) is 72.2 Å². The maximum atomic E-state index is 11.5. The molecule has 0 aliphatic heterocycles. The third kappa shape index (κ3) is 2.79. The molecule has 0 unspecified atom stereocenters. The molecule has 2 heterocycles. The minimum atomic E-state index is -1.03. The summed E-state index contributed by atoms with van der Waals surface area (Å²) in [6.07, 6.45) is 3.69. The molecule has 5 nitrogen and oxygen atoms in total. The summed E-state index contributed by atoms with van der Waals surface area (Å²) in [5.41, 5.74) is -0.0877. The molecule has 88 valence electrons. The van der Waals surface area contributed by atoms with Gasteiger partial charge in [0.1, 0.15) is 0 Å². The first kappa shape index (κ1) is 11.5. The lowest BCUT2D eigenvalue weighted by Crippen LogP contribution is -2.21. The molecule has 2 aromatic rings. The van der Waals surface area contributed by atoms with Gasteiger partial charge in [0.25, 0.3) is 5.56 Å². The number of carboxylic acid groups (broad SMARTS) is 1. The molecule has 0 aromatic carbocycles. The number of aromatic nitrogens is 2.